The number of amides is 1. The summed E-state index contributed by atoms with van der Waals surface area (Å²) in [5, 5.41) is 9.67. The fraction of sp³-hybridized carbons (Fsp3) is 0.500. The molecule has 1 amide bonds. The first kappa shape index (κ1) is 13.1. The predicted molar refractivity (Wildman–Crippen MR) is 82.8 cm³/mol. The Balaban J connectivity index is 1.39. The smallest absolute Gasteiger partial charge is 0.261 e. The molecule has 0 saturated heterocycles. The Hall–Kier alpha value is -1.62. The van der Waals surface area contributed by atoms with E-state index < -0.39 is 0 Å². The lowest BCUT2D eigenvalue weighted by Crippen LogP contribution is -2.27. The van der Waals surface area contributed by atoms with E-state index in [9.17, 15) is 4.79 Å². The van der Waals surface area contributed by atoms with Gasteiger partial charge in [0.05, 0.1) is 17.1 Å². The van der Waals surface area contributed by atoms with Gasteiger partial charge in [-0.1, -0.05) is 6.07 Å². The van der Waals surface area contributed by atoms with E-state index in [1.807, 2.05) is 17.5 Å². The molecule has 0 aliphatic heterocycles. The predicted octanol–water partition coefficient (Wildman–Crippen LogP) is 3.13. The molecule has 4 rings (SSSR count). The van der Waals surface area contributed by atoms with Crippen LogP contribution in [0.1, 0.15) is 58.6 Å². The van der Waals surface area contributed by atoms with Gasteiger partial charge in [0.15, 0.2) is 0 Å². The van der Waals surface area contributed by atoms with E-state index >= 15 is 0 Å². The highest BCUT2D eigenvalue weighted by atomic mass is 32.1. The Morgan fingerprint density at radius 2 is 2.14 bits per heavy atom. The van der Waals surface area contributed by atoms with Gasteiger partial charge in [0, 0.05) is 24.1 Å². The molecule has 2 heterocycles. The zero-order valence-electron chi connectivity index (χ0n) is 11.9. The number of nitrogens with one attached hydrogen (secondary N) is 1. The second kappa shape index (κ2) is 5.30. The van der Waals surface area contributed by atoms with Gasteiger partial charge in [-0.25, -0.2) is 0 Å². The number of aromatic nitrogens is 2. The highest BCUT2D eigenvalue weighted by Gasteiger charge is 2.32. The van der Waals surface area contributed by atoms with Gasteiger partial charge < -0.3 is 5.32 Å². The van der Waals surface area contributed by atoms with Crippen molar-refractivity contribution >= 4 is 17.2 Å². The molecule has 2 aromatic rings. The van der Waals surface area contributed by atoms with Crippen LogP contribution in [0.25, 0.3) is 0 Å². The molecule has 0 unspecified atom stereocenters. The fourth-order valence-electron chi connectivity index (χ4n) is 2.69. The lowest BCUT2D eigenvalue weighted by atomic mass is 10.2. The molecule has 110 valence electrons. The average Bonchev–Trinajstić information content (AvgIpc) is 3.42. The zero-order valence-corrected chi connectivity index (χ0v) is 12.7. The van der Waals surface area contributed by atoms with E-state index in [1.54, 1.807) is 0 Å². The molecule has 0 aromatic carbocycles. The van der Waals surface area contributed by atoms with Crippen molar-refractivity contribution in [3.05, 3.63) is 39.8 Å². The minimum Gasteiger partial charge on any atom is -0.349 e. The molecule has 4 nitrogen and oxygen atoms in total. The Morgan fingerprint density at radius 1 is 1.33 bits per heavy atom. The first-order valence-corrected chi connectivity index (χ1v) is 8.58. The van der Waals surface area contributed by atoms with Crippen molar-refractivity contribution in [2.45, 2.75) is 44.1 Å². The molecule has 5 heteroatoms. The third-order valence-electron chi connectivity index (χ3n) is 4.18. The number of carbonyl (C=O) groups is 1. The molecule has 1 N–H and O–H groups in total. The summed E-state index contributed by atoms with van der Waals surface area (Å²) in [7, 11) is 0. The second-order valence-electron chi connectivity index (χ2n) is 6.00. The largest absolute Gasteiger partial charge is 0.349 e. The van der Waals surface area contributed by atoms with Crippen molar-refractivity contribution < 1.29 is 4.79 Å². The van der Waals surface area contributed by atoms with Crippen molar-refractivity contribution in [3.63, 3.8) is 0 Å². The molecule has 0 atom stereocenters. The van der Waals surface area contributed by atoms with Crippen LogP contribution in [0.4, 0.5) is 0 Å². The molecule has 0 spiro atoms. The van der Waals surface area contributed by atoms with E-state index in [4.69, 9.17) is 5.10 Å². The molecule has 21 heavy (non-hydrogen) atoms. The van der Waals surface area contributed by atoms with Crippen molar-refractivity contribution in [1.82, 2.24) is 15.1 Å². The van der Waals surface area contributed by atoms with Crippen molar-refractivity contribution in [2.75, 3.05) is 6.54 Å². The average molecular weight is 301 g/mol. The van der Waals surface area contributed by atoms with Crippen molar-refractivity contribution in [2.24, 2.45) is 0 Å². The summed E-state index contributed by atoms with van der Waals surface area (Å²) in [6.07, 6.45) is 5.15. The Kier molecular flexibility index (Phi) is 3.30. The summed E-state index contributed by atoms with van der Waals surface area (Å²) in [4.78, 5) is 12.7. The lowest BCUT2D eigenvalue weighted by molar-refractivity contribution is 0.0956. The van der Waals surface area contributed by atoms with E-state index in [0.29, 0.717) is 18.4 Å². The van der Waals surface area contributed by atoms with Gasteiger partial charge in [0.1, 0.15) is 0 Å². The molecular weight excluding hydrogens is 282 g/mol. The van der Waals surface area contributed by atoms with Crippen LogP contribution in [0.3, 0.4) is 0 Å². The summed E-state index contributed by atoms with van der Waals surface area (Å²) in [6.45, 7) is 1.41. The SMILES string of the molecule is O=C(NCCn1nc(C2CC2)cc1C1CC1)c1cccs1. The highest BCUT2D eigenvalue weighted by molar-refractivity contribution is 7.12. The van der Waals surface area contributed by atoms with E-state index in [-0.39, 0.29) is 5.91 Å². The van der Waals surface area contributed by atoms with Crippen LogP contribution in [-0.4, -0.2) is 22.2 Å². The summed E-state index contributed by atoms with van der Waals surface area (Å²) < 4.78 is 2.13. The van der Waals surface area contributed by atoms with E-state index in [1.165, 1.54) is 48.4 Å². The van der Waals surface area contributed by atoms with Gasteiger partial charge in [-0.15, -0.1) is 11.3 Å². The topological polar surface area (TPSA) is 46.9 Å². The van der Waals surface area contributed by atoms with Crippen molar-refractivity contribution in [3.8, 4) is 0 Å². The lowest BCUT2D eigenvalue weighted by Gasteiger charge is -2.07. The summed E-state index contributed by atoms with van der Waals surface area (Å²) in [6, 6.07) is 6.06. The fourth-order valence-corrected chi connectivity index (χ4v) is 3.33. The summed E-state index contributed by atoms with van der Waals surface area (Å²) >= 11 is 1.48. The molecule has 0 bridgehead atoms. The van der Waals surface area contributed by atoms with Gasteiger partial charge in [0.25, 0.3) is 5.91 Å². The van der Waals surface area contributed by atoms with Crippen LogP contribution in [0, 0.1) is 0 Å². The Labute approximate surface area is 128 Å². The molecule has 2 fully saturated rings. The highest BCUT2D eigenvalue weighted by Crippen LogP contribution is 2.44. The van der Waals surface area contributed by atoms with Crippen LogP contribution >= 0.6 is 11.3 Å². The molecule has 0 radical (unpaired) electrons. The maximum Gasteiger partial charge on any atom is 0.261 e. The van der Waals surface area contributed by atoms with Crippen LogP contribution < -0.4 is 5.32 Å². The zero-order chi connectivity index (χ0) is 14.2. The van der Waals surface area contributed by atoms with E-state index in [0.717, 1.165) is 11.4 Å². The molecule has 2 saturated carbocycles. The molecule has 2 aliphatic carbocycles. The van der Waals surface area contributed by atoms with Gasteiger partial charge in [-0.3, -0.25) is 9.48 Å². The Bertz CT molecular complexity index is 639. The normalized spacial score (nSPS) is 17.9. The van der Waals surface area contributed by atoms with Crippen molar-refractivity contribution in [1.29, 1.82) is 0 Å². The van der Waals surface area contributed by atoms with Gasteiger partial charge in [-0.05, 0) is 43.2 Å². The van der Waals surface area contributed by atoms with Crippen LogP contribution in [0.5, 0.6) is 0 Å². The number of hydrogen-bond acceptors (Lipinski definition) is 3. The summed E-state index contributed by atoms with van der Waals surface area (Å²) in [5.41, 5.74) is 2.64. The molecule has 2 aromatic heterocycles. The molecular formula is C16H19N3OS. The maximum absolute atomic E-state index is 11.9. The number of carbonyl (C=O) groups excluding carboxylic acids is 1. The standard InChI is InChI=1S/C16H19N3OS/c20-16(15-2-1-9-21-15)17-7-8-19-14(12-5-6-12)10-13(18-19)11-3-4-11/h1-2,9-12H,3-8H2,(H,17,20). The number of hydrogen-bond donors (Lipinski definition) is 1. The van der Waals surface area contributed by atoms with Crippen LogP contribution in [0.2, 0.25) is 0 Å². The quantitative estimate of drug-likeness (QED) is 0.891. The van der Waals surface area contributed by atoms with E-state index in [2.05, 4.69) is 16.1 Å². The third-order valence-corrected chi connectivity index (χ3v) is 5.04. The maximum atomic E-state index is 11.9. The van der Waals surface area contributed by atoms with Gasteiger partial charge in [-0.2, -0.15) is 5.10 Å². The third kappa shape index (κ3) is 2.88. The number of thiophene rings is 1. The first-order valence-electron chi connectivity index (χ1n) is 7.70. The van der Waals surface area contributed by atoms with Gasteiger partial charge in [0.2, 0.25) is 0 Å². The monoisotopic (exact) mass is 301 g/mol. The number of rotatable bonds is 6. The molecule has 2 aliphatic rings. The number of nitrogens with zero attached hydrogens (tertiary/aromatic N) is 2. The Morgan fingerprint density at radius 3 is 2.81 bits per heavy atom. The summed E-state index contributed by atoms with van der Waals surface area (Å²) in [5.74, 6) is 1.43. The van der Waals surface area contributed by atoms with Crippen LogP contribution in [0.15, 0.2) is 23.6 Å². The van der Waals surface area contributed by atoms with Gasteiger partial charge >= 0.3 is 0 Å². The minimum absolute atomic E-state index is 0.0209. The minimum atomic E-state index is 0.0209. The van der Waals surface area contributed by atoms with Crippen LogP contribution in [-0.2, 0) is 6.54 Å². The first-order chi connectivity index (χ1) is 10.3. The second-order valence-corrected chi connectivity index (χ2v) is 6.95.